The summed E-state index contributed by atoms with van der Waals surface area (Å²) >= 11 is 5.83. The van der Waals surface area contributed by atoms with Gasteiger partial charge in [-0.25, -0.2) is 9.18 Å². The highest BCUT2D eigenvalue weighted by Gasteiger charge is 2.15. The normalized spacial score (nSPS) is 10.9. The number of amides is 1. The van der Waals surface area contributed by atoms with E-state index in [0.717, 1.165) is 15.9 Å². The molecule has 4 aromatic rings. The third-order valence-corrected chi connectivity index (χ3v) is 5.84. The van der Waals surface area contributed by atoms with Gasteiger partial charge >= 0.3 is 5.69 Å². The number of nitrogens with one attached hydrogen (secondary N) is 1. The van der Waals surface area contributed by atoms with E-state index in [1.54, 1.807) is 38.4 Å². The summed E-state index contributed by atoms with van der Waals surface area (Å²) in [7, 11) is 3.12. The van der Waals surface area contributed by atoms with Gasteiger partial charge in [-0.3, -0.25) is 18.7 Å². The molecule has 1 aromatic heterocycles. The van der Waals surface area contributed by atoms with Gasteiger partial charge in [-0.05, 0) is 53.6 Å². The summed E-state index contributed by atoms with van der Waals surface area (Å²) in [5.74, 6) is -0.230. The first kappa shape index (κ1) is 23.3. The van der Waals surface area contributed by atoms with Crippen molar-refractivity contribution >= 4 is 28.4 Å². The number of benzene rings is 3. The number of methoxy groups -OCH3 is 1. The lowest BCUT2D eigenvalue weighted by molar-refractivity contribution is 0.0951. The number of hydrogen-bond acceptors (Lipinski definition) is 4. The van der Waals surface area contributed by atoms with Gasteiger partial charge in [0, 0.05) is 19.2 Å². The summed E-state index contributed by atoms with van der Waals surface area (Å²) in [6, 6.07) is 15.9. The molecular weight excluding hydrogens is 461 g/mol. The largest absolute Gasteiger partial charge is 0.497 e. The van der Waals surface area contributed by atoms with Crippen LogP contribution in [0, 0.1) is 5.82 Å². The lowest BCUT2D eigenvalue weighted by atomic mass is 10.1. The minimum atomic E-state index is -0.588. The van der Waals surface area contributed by atoms with E-state index in [0.29, 0.717) is 17.6 Å². The number of nitrogens with zero attached hydrogens (tertiary/aromatic N) is 2. The molecule has 34 heavy (non-hydrogen) atoms. The van der Waals surface area contributed by atoms with Crippen molar-refractivity contribution < 1.29 is 13.9 Å². The second-order valence-electron chi connectivity index (χ2n) is 7.74. The van der Waals surface area contributed by atoms with Gasteiger partial charge in [-0.2, -0.15) is 0 Å². The van der Waals surface area contributed by atoms with E-state index < -0.39 is 17.1 Å². The Morgan fingerprint density at radius 2 is 1.74 bits per heavy atom. The van der Waals surface area contributed by atoms with E-state index in [1.807, 2.05) is 12.1 Å². The van der Waals surface area contributed by atoms with E-state index in [1.165, 1.54) is 28.8 Å². The van der Waals surface area contributed by atoms with Crippen LogP contribution in [0.3, 0.4) is 0 Å². The number of hydrogen-bond donors (Lipinski definition) is 1. The fourth-order valence-corrected chi connectivity index (χ4v) is 3.85. The molecule has 0 bridgehead atoms. The molecule has 7 nitrogen and oxygen atoms in total. The van der Waals surface area contributed by atoms with E-state index >= 15 is 0 Å². The molecular formula is C25H21ClFN3O4. The molecule has 0 aliphatic heterocycles. The van der Waals surface area contributed by atoms with Gasteiger partial charge in [0.1, 0.15) is 11.6 Å². The highest BCUT2D eigenvalue weighted by atomic mass is 35.5. The summed E-state index contributed by atoms with van der Waals surface area (Å²) in [4.78, 5) is 38.7. The maximum absolute atomic E-state index is 13.5. The van der Waals surface area contributed by atoms with Crippen LogP contribution in [-0.4, -0.2) is 22.2 Å². The van der Waals surface area contributed by atoms with Crippen LogP contribution in [0.4, 0.5) is 4.39 Å². The second kappa shape index (κ2) is 9.52. The molecule has 0 atom stereocenters. The fraction of sp³-hybridized carbons (Fsp3) is 0.160. The maximum Gasteiger partial charge on any atom is 0.331 e. The van der Waals surface area contributed by atoms with Crippen molar-refractivity contribution in [2.24, 2.45) is 7.05 Å². The van der Waals surface area contributed by atoms with Gasteiger partial charge in [0.05, 0.1) is 29.6 Å². The van der Waals surface area contributed by atoms with Gasteiger partial charge in [-0.15, -0.1) is 0 Å². The Bertz CT molecular complexity index is 1510. The molecule has 174 valence electrons. The summed E-state index contributed by atoms with van der Waals surface area (Å²) in [5, 5.41) is 2.94. The van der Waals surface area contributed by atoms with Crippen LogP contribution in [-0.2, 0) is 20.1 Å². The van der Waals surface area contributed by atoms with E-state index in [-0.39, 0.29) is 28.4 Å². The first-order valence-electron chi connectivity index (χ1n) is 10.4. The molecule has 0 radical (unpaired) electrons. The number of rotatable bonds is 6. The molecule has 1 N–H and O–H groups in total. The molecule has 0 fully saturated rings. The third-order valence-electron chi connectivity index (χ3n) is 5.55. The maximum atomic E-state index is 13.5. The highest BCUT2D eigenvalue weighted by molar-refractivity contribution is 6.30. The third kappa shape index (κ3) is 4.58. The number of aromatic nitrogens is 2. The van der Waals surface area contributed by atoms with Crippen molar-refractivity contribution in [1.29, 1.82) is 0 Å². The Kier molecular flexibility index (Phi) is 6.51. The Morgan fingerprint density at radius 3 is 2.41 bits per heavy atom. The van der Waals surface area contributed by atoms with Crippen molar-refractivity contribution in [3.8, 4) is 5.75 Å². The Labute approximate surface area is 199 Å². The monoisotopic (exact) mass is 481 g/mol. The quantitative estimate of drug-likeness (QED) is 0.457. The highest BCUT2D eigenvalue weighted by Crippen LogP contribution is 2.17. The molecule has 0 saturated carbocycles. The standard InChI is InChI=1S/C25H21ClFN3O4/c1-29-22-10-6-17(23(31)28-13-15-3-7-18(34-2)8-4-15)12-19(22)24(32)30(25(29)33)14-16-5-9-21(27)20(26)11-16/h3-12H,13-14H2,1-2H3,(H,28,31). The fourth-order valence-electron chi connectivity index (χ4n) is 3.65. The van der Waals surface area contributed by atoms with Gasteiger partial charge in [0.15, 0.2) is 0 Å². The van der Waals surface area contributed by atoms with Crippen LogP contribution >= 0.6 is 11.6 Å². The molecule has 9 heteroatoms. The first-order chi connectivity index (χ1) is 16.3. The van der Waals surface area contributed by atoms with Crippen LogP contribution in [0.1, 0.15) is 21.5 Å². The van der Waals surface area contributed by atoms with E-state index in [4.69, 9.17) is 16.3 Å². The van der Waals surface area contributed by atoms with Crippen LogP contribution in [0.15, 0.2) is 70.3 Å². The summed E-state index contributed by atoms with van der Waals surface area (Å²) in [6.45, 7) is 0.207. The molecule has 0 aliphatic carbocycles. The Morgan fingerprint density at radius 1 is 1.03 bits per heavy atom. The second-order valence-corrected chi connectivity index (χ2v) is 8.15. The summed E-state index contributed by atoms with van der Waals surface area (Å²) in [6.07, 6.45) is 0. The number of halogens is 2. The smallest absolute Gasteiger partial charge is 0.331 e. The molecule has 3 aromatic carbocycles. The molecule has 1 heterocycles. The Balaban J connectivity index is 1.65. The number of fused-ring (bicyclic) bond motifs is 1. The van der Waals surface area contributed by atoms with Crippen molar-refractivity contribution in [2.45, 2.75) is 13.1 Å². The van der Waals surface area contributed by atoms with Crippen molar-refractivity contribution in [3.05, 3.63) is 109 Å². The summed E-state index contributed by atoms with van der Waals surface area (Å²) < 4.78 is 21.0. The average molecular weight is 482 g/mol. The van der Waals surface area contributed by atoms with Crippen LogP contribution in [0.5, 0.6) is 5.75 Å². The molecule has 4 rings (SSSR count). The minimum Gasteiger partial charge on any atom is -0.497 e. The van der Waals surface area contributed by atoms with E-state index in [9.17, 15) is 18.8 Å². The number of carbonyl (C=O) groups is 1. The van der Waals surface area contributed by atoms with Gasteiger partial charge < -0.3 is 10.1 Å². The van der Waals surface area contributed by atoms with Crippen LogP contribution in [0.2, 0.25) is 5.02 Å². The number of carbonyl (C=O) groups excluding carboxylic acids is 1. The van der Waals surface area contributed by atoms with Gasteiger partial charge in [-0.1, -0.05) is 29.8 Å². The van der Waals surface area contributed by atoms with Crippen LogP contribution in [0.25, 0.3) is 10.9 Å². The zero-order chi connectivity index (χ0) is 24.4. The minimum absolute atomic E-state index is 0.0880. The van der Waals surface area contributed by atoms with Crippen molar-refractivity contribution in [1.82, 2.24) is 14.5 Å². The zero-order valence-electron chi connectivity index (χ0n) is 18.5. The van der Waals surface area contributed by atoms with Gasteiger partial charge in [0.2, 0.25) is 0 Å². The summed E-state index contributed by atoms with van der Waals surface area (Å²) in [5.41, 5.74) is 0.984. The topological polar surface area (TPSA) is 82.3 Å². The number of aryl methyl sites for hydroxylation is 1. The molecule has 1 amide bonds. The average Bonchev–Trinajstić information content (AvgIpc) is 2.85. The van der Waals surface area contributed by atoms with E-state index in [2.05, 4.69) is 5.32 Å². The zero-order valence-corrected chi connectivity index (χ0v) is 19.2. The van der Waals surface area contributed by atoms with Crippen molar-refractivity contribution in [2.75, 3.05) is 7.11 Å². The first-order valence-corrected chi connectivity index (χ1v) is 10.7. The predicted molar refractivity (Wildman–Crippen MR) is 128 cm³/mol. The SMILES string of the molecule is COc1ccc(CNC(=O)c2ccc3c(c2)c(=O)n(Cc2ccc(F)c(Cl)c2)c(=O)n3C)cc1. The molecule has 0 spiro atoms. The van der Waals surface area contributed by atoms with Crippen molar-refractivity contribution in [3.63, 3.8) is 0 Å². The predicted octanol–water partition coefficient (Wildman–Crippen LogP) is 3.48. The lowest BCUT2D eigenvalue weighted by Crippen LogP contribution is -2.39. The lowest BCUT2D eigenvalue weighted by Gasteiger charge is -2.12. The van der Waals surface area contributed by atoms with Gasteiger partial charge in [0.25, 0.3) is 11.5 Å². The molecule has 0 aliphatic rings. The molecule has 0 saturated heterocycles. The molecule has 0 unspecified atom stereocenters. The number of ether oxygens (including phenoxy) is 1. The van der Waals surface area contributed by atoms with Crippen LogP contribution < -0.4 is 21.3 Å². The Hall–Kier alpha value is -3.91.